The topological polar surface area (TPSA) is 282 Å². The zero-order valence-electron chi connectivity index (χ0n) is 37.2. The normalized spacial score (nSPS) is 46.6. The van der Waals surface area contributed by atoms with E-state index in [1.165, 1.54) is 0 Å². The van der Waals surface area contributed by atoms with Gasteiger partial charge in [0.1, 0.15) is 12.2 Å². The van der Waals surface area contributed by atoms with Crippen LogP contribution in [-0.2, 0) is 23.7 Å². The van der Waals surface area contributed by atoms with E-state index < -0.39 is 128 Å². The lowest BCUT2D eigenvalue weighted by Crippen LogP contribution is -2.61. The highest BCUT2D eigenvalue weighted by Gasteiger charge is 2.47. The van der Waals surface area contributed by atoms with Gasteiger partial charge in [0.2, 0.25) is 0 Å². The van der Waals surface area contributed by atoms with Crippen LogP contribution in [0, 0.1) is 17.8 Å². The van der Waals surface area contributed by atoms with Crippen molar-refractivity contribution in [2.24, 2.45) is 23.5 Å². The van der Waals surface area contributed by atoms with Crippen LogP contribution in [0.1, 0.15) is 86.0 Å². The van der Waals surface area contributed by atoms with Gasteiger partial charge >= 0.3 is 5.97 Å². The van der Waals surface area contributed by atoms with Gasteiger partial charge in [-0.1, -0.05) is 106 Å². The lowest BCUT2D eigenvalue weighted by atomic mass is 9.83. The Hall–Kier alpha value is -2.91. The van der Waals surface area contributed by atoms with E-state index in [2.05, 4.69) is 0 Å². The van der Waals surface area contributed by atoms with Crippen molar-refractivity contribution in [3.05, 3.63) is 85.1 Å². The first-order chi connectivity index (χ1) is 29.7. The molecule has 0 radical (unpaired) electrons. The summed E-state index contributed by atoms with van der Waals surface area (Å²) in [6.07, 6.45) is 8.08. The molecule has 3 aliphatic rings. The van der Waals surface area contributed by atoms with E-state index in [1.807, 2.05) is 61.6 Å². The Bertz CT molecular complexity index is 1570. The molecule has 3 unspecified atom stereocenters. The Morgan fingerprint density at radius 2 is 1.14 bits per heavy atom. The van der Waals surface area contributed by atoms with Crippen LogP contribution in [0.5, 0.6) is 0 Å². The van der Waals surface area contributed by atoms with Gasteiger partial charge in [0.25, 0.3) is 0 Å². The number of hydrogen-bond donors (Lipinski definition) is 11. The first-order valence-corrected chi connectivity index (χ1v) is 22.2. The maximum atomic E-state index is 12.6. The number of aliphatic hydroxyl groups is 10. The van der Waals surface area contributed by atoms with Crippen molar-refractivity contribution in [3.8, 4) is 0 Å². The predicted octanol–water partition coefficient (Wildman–Crippen LogP) is 1.65. The van der Waals surface area contributed by atoms with Crippen molar-refractivity contribution in [1.82, 2.24) is 0 Å². The Morgan fingerprint density at radius 1 is 0.603 bits per heavy atom. The third-order valence-electron chi connectivity index (χ3n) is 12.1. The van der Waals surface area contributed by atoms with Gasteiger partial charge in [0.15, 0.2) is 12.1 Å². The lowest BCUT2D eigenvalue weighted by Gasteiger charge is -2.46. The standard InChI is InChI=1S/C47H75NO15/c1-28-18-16-14-12-10-8-6-7-9-11-13-15-17-19-36(62-46-45(58)42(48)44(57)32(5)61-46)25-40-30(3)38(53)26-47(59,63-40)27-39(54)37(52)21-20-33(49)22-34(50)23-35(51)24-41(55)60-31(4)29(2)43(28)56/h6-19,28-40,42-46,49-54,56-59H,20-27,48H2,1-5H3/b7-6+,10-8+,11-9+,14-12+,15-13+,18-16+,19-17+/t28-,29-,30+,31-,32+,33+,34?,35+,36-,37?,38-,39+,40?,42-,43+,44+,45-,46-,47-/m0/s1. The Labute approximate surface area is 372 Å². The van der Waals surface area contributed by atoms with Crippen molar-refractivity contribution < 1.29 is 74.8 Å². The molecule has 63 heavy (non-hydrogen) atoms. The average molecular weight is 894 g/mol. The zero-order valence-corrected chi connectivity index (χ0v) is 37.2. The quantitative estimate of drug-likeness (QED) is 0.176. The molecule has 0 saturated carbocycles. The van der Waals surface area contributed by atoms with E-state index in [-0.39, 0.29) is 44.4 Å². The van der Waals surface area contributed by atoms with Gasteiger partial charge in [0.05, 0.1) is 79.6 Å². The largest absolute Gasteiger partial charge is 0.462 e. The molecule has 0 aromatic carbocycles. The number of nitrogens with two attached hydrogens (primary N) is 1. The summed E-state index contributed by atoms with van der Waals surface area (Å²) in [7, 11) is 0. The minimum absolute atomic E-state index is 0.0428. The minimum Gasteiger partial charge on any atom is -0.462 e. The fourth-order valence-corrected chi connectivity index (χ4v) is 7.79. The van der Waals surface area contributed by atoms with Crippen molar-refractivity contribution in [2.45, 2.75) is 183 Å². The molecule has 0 amide bonds. The number of fused-ring (bicyclic) bond motifs is 2. The average Bonchev–Trinajstić information content (AvgIpc) is 3.21. The fraction of sp³-hybridized carbons (Fsp3) is 0.681. The van der Waals surface area contributed by atoms with E-state index in [1.54, 1.807) is 58.1 Å². The first-order valence-electron chi connectivity index (χ1n) is 22.2. The van der Waals surface area contributed by atoms with Crippen LogP contribution in [0.15, 0.2) is 85.1 Å². The molecular weight excluding hydrogens is 819 g/mol. The number of allylic oxidation sites excluding steroid dienone is 12. The van der Waals surface area contributed by atoms with Crippen LogP contribution in [-0.4, -0.2) is 155 Å². The summed E-state index contributed by atoms with van der Waals surface area (Å²) in [5.41, 5.74) is 6.05. The van der Waals surface area contributed by atoms with Crippen LogP contribution >= 0.6 is 0 Å². The number of rotatable bonds is 2. The molecule has 3 aliphatic heterocycles. The van der Waals surface area contributed by atoms with Crippen molar-refractivity contribution in [3.63, 3.8) is 0 Å². The van der Waals surface area contributed by atoms with E-state index in [0.29, 0.717) is 0 Å². The summed E-state index contributed by atoms with van der Waals surface area (Å²) >= 11 is 0. The maximum Gasteiger partial charge on any atom is 0.308 e. The van der Waals surface area contributed by atoms with Gasteiger partial charge in [-0.05, 0) is 39.5 Å². The van der Waals surface area contributed by atoms with Crippen LogP contribution < -0.4 is 5.73 Å². The molecular formula is C47H75NO15. The highest BCUT2D eigenvalue weighted by atomic mass is 16.7. The molecule has 0 aromatic heterocycles. The van der Waals surface area contributed by atoms with E-state index in [9.17, 15) is 55.9 Å². The number of aliphatic hydroxyl groups excluding tert-OH is 9. The third kappa shape index (κ3) is 18.5. The lowest BCUT2D eigenvalue weighted by molar-refractivity contribution is -0.310. The van der Waals surface area contributed by atoms with Crippen molar-refractivity contribution in [1.29, 1.82) is 0 Å². The van der Waals surface area contributed by atoms with Crippen LogP contribution in [0.3, 0.4) is 0 Å². The molecule has 2 fully saturated rings. The molecule has 0 aliphatic carbocycles. The third-order valence-corrected chi connectivity index (χ3v) is 12.1. The second-order valence-electron chi connectivity index (χ2n) is 17.6. The summed E-state index contributed by atoms with van der Waals surface area (Å²) < 4.78 is 23.5. The second-order valence-corrected chi connectivity index (χ2v) is 17.6. The molecule has 2 bridgehead atoms. The summed E-state index contributed by atoms with van der Waals surface area (Å²) in [5.74, 6) is -4.01. The summed E-state index contributed by atoms with van der Waals surface area (Å²) in [4.78, 5) is 12.6. The number of cyclic esters (lactones) is 1. The first kappa shape index (κ1) is 54.4. The molecule has 0 aromatic rings. The van der Waals surface area contributed by atoms with Gasteiger partial charge in [-0.2, -0.15) is 0 Å². The SMILES string of the molecule is C[C@@H]1[C@H](O)[C@@H](C)/C=C/C=C/C=C/C=C/C=C/C=C/C=C/[C@H](O[C@@H]2O[C@H](C)[C@@H](O)[C@H](N)[C@@H]2O)CC2O[C@](O)(C[C@@H](O)C(O)CC[C@@H](O)CC(O)C[C@@H](O)CC(=O)O[C@H]1C)C[C@H](O)[C@H]2C. The van der Waals surface area contributed by atoms with Crippen LogP contribution in [0.2, 0.25) is 0 Å². The number of hydrogen-bond acceptors (Lipinski definition) is 16. The minimum atomic E-state index is -2.08. The van der Waals surface area contributed by atoms with Gasteiger partial charge in [-0.25, -0.2) is 0 Å². The van der Waals surface area contributed by atoms with E-state index in [0.717, 1.165) is 0 Å². The fourth-order valence-electron chi connectivity index (χ4n) is 7.79. The molecule has 16 heteroatoms. The van der Waals surface area contributed by atoms with Crippen molar-refractivity contribution in [2.75, 3.05) is 0 Å². The second kappa shape index (κ2) is 26.9. The number of ether oxygens (including phenoxy) is 4. The number of carbonyl (C=O) groups is 1. The maximum absolute atomic E-state index is 12.6. The molecule has 3 heterocycles. The van der Waals surface area contributed by atoms with Crippen LogP contribution in [0.25, 0.3) is 0 Å². The molecule has 19 atom stereocenters. The molecule has 16 nitrogen and oxygen atoms in total. The van der Waals surface area contributed by atoms with Gasteiger partial charge in [-0.15, -0.1) is 0 Å². The number of esters is 1. The molecule has 12 N–H and O–H groups in total. The Morgan fingerprint density at radius 3 is 1.75 bits per heavy atom. The predicted molar refractivity (Wildman–Crippen MR) is 235 cm³/mol. The van der Waals surface area contributed by atoms with Gasteiger partial charge in [-0.3, -0.25) is 4.79 Å². The molecule has 2 saturated heterocycles. The van der Waals surface area contributed by atoms with Gasteiger partial charge < -0.3 is 75.7 Å². The van der Waals surface area contributed by atoms with E-state index in [4.69, 9.17) is 24.7 Å². The summed E-state index contributed by atoms with van der Waals surface area (Å²) in [5, 5.41) is 108. The highest BCUT2D eigenvalue weighted by molar-refractivity contribution is 5.70. The smallest absolute Gasteiger partial charge is 0.308 e. The number of carbonyl (C=O) groups excluding carboxylic acids is 1. The Balaban J connectivity index is 1.81. The molecule has 358 valence electrons. The van der Waals surface area contributed by atoms with Crippen LogP contribution in [0.4, 0.5) is 0 Å². The molecule has 0 spiro atoms. The van der Waals surface area contributed by atoms with Gasteiger partial charge in [0, 0.05) is 37.0 Å². The summed E-state index contributed by atoms with van der Waals surface area (Å²) in [6, 6.07) is -1.05. The highest BCUT2D eigenvalue weighted by Crippen LogP contribution is 2.38. The zero-order chi connectivity index (χ0) is 46.9. The Kier molecular flexibility index (Phi) is 23.2. The summed E-state index contributed by atoms with van der Waals surface area (Å²) in [6.45, 7) is 8.60. The monoisotopic (exact) mass is 894 g/mol. The molecule has 3 rings (SSSR count). The van der Waals surface area contributed by atoms with E-state index >= 15 is 0 Å². The van der Waals surface area contributed by atoms with Crippen molar-refractivity contribution >= 4 is 5.97 Å².